The Balaban J connectivity index is 3.73. The van der Waals surface area contributed by atoms with Crippen LogP contribution in [-0.4, -0.2) is 36.5 Å². The van der Waals surface area contributed by atoms with Crippen LogP contribution >= 0.6 is 0 Å². The van der Waals surface area contributed by atoms with Gasteiger partial charge in [-0.2, -0.15) is 0 Å². The summed E-state index contributed by atoms with van der Waals surface area (Å²) >= 11 is 0. The van der Waals surface area contributed by atoms with Gasteiger partial charge in [0.25, 0.3) is 0 Å². The van der Waals surface area contributed by atoms with Gasteiger partial charge in [-0.3, -0.25) is 4.79 Å². The number of nitrogens with one attached hydrogen (secondary N) is 1. The Morgan fingerprint density at radius 3 is 2.53 bits per heavy atom. The van der Waals surface area contributed by atoms with Crippen molar-refractivity contribution in [2.45, 2.75) is 39.7 Å². The number of carbonyl (C=O) groups is 1. The van der Waals surface area contributed by atoms with Gasteiger partial charge in [-0.25, -0.2) is 0 Å². The molecule has 3 heteroatoms. The van der Waals surface area contributed by atoms with E-state index in [9.17, 15) is 4.79 Å². The van der Waals surface area contributed by atoms with Crippen molar-refractivity contribution in [2.75, 3.05) is 19.6 Å². The van der Waals surface area contributed by atoms with Gasteiger partial charge in [-0.1, -0.05) is 6.08 Å². The van der Waals surface area contributed by atoms with Gasteiger partial charge in [0.05, 0.1) is 6.54 Å². The first-order valence-corrected chi connectivity index (χ1v) is 5.77. The number of rotatable bonds is 8. The first-order valence-electron chi connectivity index (χ1n) is 5.77. The smallest absolute Gasteiger partial charge is 0.236 e. The second kappa shape index (κ2) is 8.48. The van der Waals surface area contributed by atoms with E-state index in [0.29, 0.717) is 12.6 Å². The van der Waals surface area contributed by atoms with E-state index >= 15 is 0 Å². The summed E-state index contributed by atoms with van der Waals surface area (Å²) in [6, 6.07) is 0.377. The largest absolute Gasteiger partial charge is 0.342 e. The maximum absolute atomic E-state index is 11.6. The van der Waals surface area contributed by atoms with Crippen molar-refractivity contribution >= 4 is 5.91 Å². The van der Waals surface area contributed by atoms with E-state index in [1.165, 1.54) is 0 Å². The van der Waals surface area contributed by atoms with Gasteiger partial charge < -0.3 is 10.2 Å². The standard InChI is InChI=1S/C12H24N2O/c1-5-8-9-11(4)13-10-12(15)14(6-2)7-3/h5,11,13H,1,6-10H2,2-4H3. The molecule has 0 aliphatic carbocycles. The highest BCUT2D eigenvalue weighted by Crippen LogP contribution is 1.96. The molecule has 1 amide bonds. The van der Waals surface area contributed by atoms with Crippen LogP contribution in [0.25, 0.3) is 0 Å². The molecule has 0 heterocycles. The van der Waals surface area contributed by atoms with Crippen LogP contribution < -0.4 is 5.32 Å². The average Bonchev–Trinajstić information content (AvgIpc) is 2.25. The summed E-state index contributed by atoms with van der Waals surface area (Å²) in [6.07, 6.45) is 3.94. The van der Waals surface area contributed by atoms with Crippen molar-refractivity contribution in [1.82, 2.24) is 10.2 Å². The Morgan fingerprint density at radius 1 is 1.47 bits per heavy atom. The first kappa shape index (κ1) is 14.2. The summed E-state index contributed by atoms with van der Waals surface area (Å²) in [6.45, 7) is 11.8. The van der Waals surface area contributed by atoms with Crippen LogP contribution in [0.2, 0.25) is 0 Å². The molecule has 0 rings (SSSR count). The fraction of sp³-hybridized carbons (Fsp3) is 0.750. The van der Waals surface area contributed by atoms with Crippen molar-refractivity contribution in [3.8, 4) is 0 Å². The zero-order valence-electron chi connectivity index (χ0n) is 10.3. The van der Waals surface area contributed by atoms with E-state index in [-0.39, 0.29) is 5.91 Å². The topological polar surface area (TPSA) is 32.3 Å². The summed E-state index contributed by atoms with van der Waals surface area (Å²) in [7, 11) is 0. The molecule has 0 saturated heterocycles. The molecule has 1 N–H and O–H groups in total. The molecule has 0 bridgehead atoms. The summed E-state index contributed by atoms with van der Waals surface area (Å²) in [5.41, 5.74) is 0. The van der Waals surface area contributed by atoms with Crippen LogP contribution in [0, 0.1) is 0 Å². The fourth-order valence-corrected chi connectivity index (χ4v) is 1.42. The van der Waals surface area contributed by atoms with Gasteiger partial charge in [0.1, 0.15) is 0 Å². The predicted octanol–water partition coefficient (Wildman–Crippen LogP) is 1.80. The number of nitrogens with zero attached hydrogens (tertiary/aromatic N) is 1. The van der Waals surface area contributed by atoms with Gasteiger partial charge in [0.2, 0.25) is 5.91 Å². The molecule has 1 unspecified atom stereocenters. The average molecular weight is 212 g/mol. The Kier molecular flexibility index (Phi) is 8.01. The highest BCUT2D eigenvalue weighted by molar-refractivity contribution is 5.78. The molecular weight excluding hydrogens is 188 g/mol. The van der Waals surface area contributed by atoms with Crippen LogP contribution in [0.4, 0.5) is 0 Å². The normalized spacial score (nSPS) is 12.2. The Morgan fingerprint density at radius 2 is 2.07 bits per heavy atom. The highest BCUT2D eigenvalue weighted by Gasteiger charge is 2.10. The minimum atomic E-state index is 0.186. The van der Waals surface area contributed by atoms with Crippen molar-refractivity contribution in [3.63, 3.8) is 0 Å². The maximum atomic E-state index is 11.6. The molecule has 0 spiro atoms. The Labute approximate surface area is 93.5 Å². The summed E-state index contributed by atoms with van der Waals surface area (Å²) in [5.74, 6) is 0.186. The number of hydrogen-bond donors (Lipinski definition) is 1. The molecule has 15 heavy (non-hydrogen) atoms. The number of allylic oxidation sites excluding steroid dienone is 1. The van der Waals surface area contributed by atoms with E-state index in [4.69, 9.17) is 0 Å². The van der Waals surface area contributed by atoms with E-state index in [1.54, 1.807) is 0 Å². The molecule has 1 atom stereocenters. The third-order valence-electron chi connectivity index (χ3n) is 2.52. The monoisotopic (exact) mass is 212 g/mol. The maximum Gasteiger partial charge on any atom is 0.236 e. The Bertz CT molecular complexity index is 188. The number of hydrogen-bond acceptors (Lipinski definition) is 2. The molecule has 0 aliphatic heterocycles. The van der Waals surface area contributed by atoms with Gasteiger partial charge in [-0.05, 0) is 33.6 Å². The SMILES string of the molecule is C=CCCC(C)NCC(=O)N(CC)CC. The van der Waals surface area contributed by atoms with Crippen LogP contribution in [0.3, 0.4) is 0 Å². The molecule has 0 aromatic carbocycles. The number of likely N-dealkylation sites (N-methyl/N-ethyl adjacent to an activating group) is 1. The molecule has 3 nitrogen and oxygen atoms in total. The third-order valence-corrected chi connectivity index (χ3v) is 2.52. The fourth-order valence-electron chi connectivity index (χ4n) is 1.42. The summed E-state index contributed by atoms with van der Waals surface area (Å²) in [4.78, 5) is 13.5. The summed E-state index contributed by atoms with van der Waals surface area (Å²) < 4.78 is 0. The molecule has 88 valence electrons. The quantitative estimate of drug-likeness (QED) is 0.622. The third kappa shape index (κ3) is 6.28. The van der Waals surface area contributed by atoms with E-state index in [2.05, 4.69) is 18.8 Å². The molecule has 0 fully saturated rings. The van der Waals surface area contributed by atoms with Crippen LogP contribution in [0.1, 0.15) is 33.6 Å². The van der Waals surface area contributed by atoms with E-state index < -0.39 is 0 Å². The van der Waals surface area contributed by atoms with Gasteiger partial charge >= 0.3 is 0 Å². The zero-order chi connectivity index (χ0) is 11.7. The molecule has 0 aromatic rings. The zero-order valence-corrected chi connectivity index (χ0v) is 10.3. The Hall–Kier alpha value is -0.830. The van der Waals surface area contributed by atoms with Gasteiger partial charge in [0, 0.05) is 19.1 Å². The van der Waals surface area contributed by atoms with Crippen molar-refractivity contribution in [1.29, 1.82) is 0 Å². The molecule has 0 radical (unpaired) electrons. The second-order valence-corrected chi connectivity index (χ2v) is 3.71. The van der Waals surface area contributed by atoms with Crippen molar-refractivity contribution in [3.05, 3.63) is 12.7 Å². The van der Waals surface area contributed by atoms with Crippen LogP contribution in [0.5, 0.6) is 0 Å². The molecule has 0 saturated carbocycles. The van der Waals surface area contributed by atoms with E-state index in [0.717, 1.165) is 25.9 Å². The molecule has 0 aliphatic rings. The second-order valence-electron chi connectivity index (χ2n) is 3.71. The van der Waals surface area contributed by atoms with Crippen LogP contribution in [-0.2, 0) is 4.79 Å². The van der Waals surface area contributed by atoms with Crippen molar-refractivity contribution < 1.29 is 4.79 Å². The molecular formula is C12H24N2O. The lowest BCUT2D eigenvalue weighted by Gasteiger charge is -2.20. The first-order chi connectivity index (χ1) is 7.15. The minimum absolute atomic E-state index is 0.186. The minimum Gasteiger partial charge on any atom is -0.342 e. The van der Waals surface area contributed by atoms with Gasteiger partial charge in [0.15, 0.2) is 0 Å². The lowest BCUT2D eigenvalue weighted by Crippen LogP contribution is -2.40. The molecule has 0 aromatic heterocycles. The number of amides is 1. The lowest BCUT2D eigenvalue weighted by molar-refractivity contribution is -0.129. The predicted molar refractivity (Wildman–Crippen MR) is 64.8 cm³/mol. The summed E-state index contributed by atoms with van der Waals surface area (Å²) in [5, 5.41) is 3.23. The number of carbonyl (C=O) groups excluding carboxylic acids is 1. The van der Waals surface area contributed by atoms with Crippen LogP contribution in [0.15, 0.2) is 12.7 Å². The highest BCUT2D eigenvalue weighted by atomic mass is 16.2. The lowest BCUT2D eigenvalue weighted by atomic mass is 10.2. The van der Waals surface area contributed by atoms with E-state index in [1.807, 2.05) is 24.8 Å². The van der Waals surface area contributed by atoms with Crippen molar-refractivity contribution in [2.24, 2.45) is 0 Å². The van der Waals surface area contributed by atoms with Gasteiger partial charge in [-0.15, -0.1) is 6.58 Å².